The fourth-order valence-electron chi connectivity index (χ4n) is 3.62. The van der Waals surface area contributed by atoms with Crippen molar-refractivity contribution >= 4 is 11.9 Å². The van der Waals surface area contributed by atoms with Crippen LogP contribution in [0.1, 0.15) is 34.3 Å². The van der Waals surface area contributed by atoms with Crippen LogP contribution in [0.2, 0.25) is 0 Å². The van der Waals surface area contributed by atoms with Crippen molar-refractivity contribution in [2.75, 3.05) is 34.3 Å². The molecule has 10 heteroatoms. The van der Waals surface area contributed by atoms with Gasteiger partial charge in [-0.05, 0) is 38.2 Å². The number of fused-ring (bicyclic) bond motifs is 1. The van der Waals surface area contributed by atoms with Crippen LogP contribution in [0, 0.1) is 5.82 Å². The van der Waals surface area contributed by atoms with Gasteiger partial charge >= 0.3 is 6.09 Å². The van der Waals surface area contributed by atoms with Crippen molar-refractivity contribution in [1.82, 2.24) is 19.4 Å². The van der Waals surface area contributed by atoms with E-state index in [-0.39, 0.29) is 36.8 Å². The molecule has 0 bridgehead atoms. The number of aryl methyl sites for hydroxylation is 1. The van der Waals surface area contributed by atoms with Gasteiger partial charge in [0.15, 0.2) is 11.5 Å². The number of hydrogen-bond donors (Lipinski definition) is 1. The summed E-state index contributed by atoms with van der Waals surface area (Å²) in [6.45, 7) is 0.671. The van der Waals surface area contributed by atoms with Crippen LogP contribution in [0.5, 0.6) is 5.75 Å². The SMILES string of the molecule is COC(=O)N1CCn2c(nc(C(=O)CCc3ccc(F)cc3)c(O)c2=O)C1CN(C)C. The molecule has 1 amide bonds. The molecule has 1 aliphatic rings. The first-order valence-electron chi connectivity index (χ1n) is 9.83. The van der Waals surface area contributed by atoms with Gasteiger partial charge in [0, 0.05) is 26.1 Å². The van der Waals surface area contributed by atoms with E-state index in [4.69, 9.17) is 4.74 Å². The summed E-state index contributed by atoms with van der Waals surface area (Å²) in [5.74, 6) is -1.37. The Balaban J connectivity index is 1.95. The Morgan fingerprint density at radius 2 is 1.94 bits per heavy atom. The number of ether oxygens (including phenoxy) is 1. The first-order valence-corrected chi connectivity index (χ1v) is 9.83. The smallest absolute Gasteiger partial charge is 0.410 e. The first kappa shape index (κ1) is 22.4. The Kier molecular flexibility index (Phi) is 6.69. The number of aromatic hydroxyl groups is 1. The van der Waals surface area contributed by atoms with Crippen molar-refractivity contribution in [1.29, 1.82) is 0 Å². The van der Waals surface area contributed by atoms with Crippen molar-refractivity contribution in [3.05, 3.63) is 57.5 Å². The molecule has 3 rings (SSSR count). The summed E-state index contributed by atoms with van der Waals surface area (Å²) in [5, 5.41) is 10.4. The third kappa shape index (κ3) is 4.74. The van der Waals surface area contributed by atoms with Gasteiger partial charge in [-0.3, -0.25) is 19.1 Å². The zero-order valence-corrected chi connectivity index (χ0v) is 17.7. The summed E-state index contributed by atoms with van der Waals surface area (Å²) in [6.07, 6.45) is -0.285. The Morgan fingerprint density at radius 1 is 1.26 bits per heavy atom. The standard InChI is InChI=1S/C21H25FN4O5/c1-24(2)12-15-19-23-17(16(27)9-6-13-4-7-14(22)8-5-13)18(28)20(29)26(19)11-10-25(15)21(30)31-3/h4-5,7-8,15,28H,6,9-12H2,1-3H3. The zero-order valence-electron chi connectivity index (χ0n) is 17.7. The van der Waals surface area contributed by atoms with Crippen molar-refractivity contribution in [2.24, 2.45) is 0 Å². The molecule has 31 heavy (non-hydrogen) atoms. The largest absolute Gasteiger partial charge is 0.501 e. The summed E-state index contributed by atoms with van der Waals surface area (Å²) in [4.78, 5) is 45.4. The Bertz CT molecular complexity index is 1040. The van der Waals surface area contributed by atoms with Crippen LogP contribution >= 0.6 is 0 Å². The summed E-state index contributed by atoms with van der Waals surface area (Å²) in [6, 6.07) is 5.10. The second kappa shape index (κ2) is 9.25. The number of aromatic nitrogens is 2. The van der Waals surface area contributed by atoms with Crippen molar-refractivity contribution in [3.63, 3.8) is 0 Å². The molecule has 2 aromatic rings. The minimum absolute atomic E-state index is 0.0197. The number of Topliss-reactive ketones (excluding diaryl/α,β-unsaturated/α-hetero) is 1. The van der Waals surface area contributed by atoms with E-state index < -0.39 is 29.2 Å². The lowest BCUT2D eigenvalue weighted by Crippen LogP contribution is -2.49. The van der Waals surface area contributed by atoms with E-state index in [9.17, 15) is 23.9 Å². The predicted octanol–water partition coefficient (Wildman–Crippen LogP) is 1.59. The first-order chi connectivity index (χ1) is 14.7. The highest BCUT2D eigenvalue weighted by molar-refractivity contribution is 5.96. The van der Waals surface area contributed by atoms with E-state index in [1.54, 1.807) is 12.1 Å². The molecule has 166 valence electrons. The number of carbonyl (C=O) groups is 2. The zero-order chi connectivity index (χ0) is 22.7. The summed E-state index contributed by atoms with van der Waals surface area (Å²) in [7, 11) is 4.88. The molecule has 1 N–H and O–H groups in total. The van der Waals surface area contributed by atoms with Gasteiger partial charge in [0.05, 0.1) is 7.11 Å². The number of nitrogens with zero attached hydrogens (tertiary/aromatic N) is 4. The van der Waals surface area contributed by atoms with Crippen LogP contribution in [0.15, 0.2) is 29.1 Å². The van der Waals surface area contributed by atoms with Crippen molar-refractivity contribution in [2.45, 2.75) is 25.4 Å². The summed E-state index contributed by atoms with van der Waals surface area (Å²) >= 11 is 0. The number of likely N-dealkylation sites (N-methyl/N-ethyl adjacent to an activating group) is 1. The van der Waals surface area contributed by atoms with Crippen LogP contribution in [0.4, 0.5) is 9.18 Å². The molecule has 2 heterocycles. The predicted molar refractivity (Wildman–Crippen MR) is 110 cm³/mol. The highest BCUT2D eigenvalue weighted by atomic mass is 19.1. The topological polar surface area (TPSA) is 105 Å². The maximum Gasteiger partial charge on any atom is 0.410 e. The summed E-state index contributed by atoms with van der Waals surface area (Å²) in [5.41, 5.74) is -0.302. The van der Waals surface area contributed by atoms with E-state index in [2.05, 4.69) is 4.98 Å². The van der Waals surface area contributed by atoms with Gasteiger partial charge in [-0.25, -0.2) is 14.2 Å². The Morgan fingerprint density at radius 3 is 2.55 bits per heavy atom. The molecule has 0 saturated heterocycles. The highest BCUT2D eigenvalue weighted by Gasteiger charge is 2.36. The van der Waals surface area contributed by atoms with E-state index >= 15 is 0 Å². The molecule has 1 aliphatic heterocycles. The molecule has 0 fully saturated rings. The van der Waals surface area contributed by atoms with Gasteiger partial charge in [-0.2, -0.15) is 0 Å². The van der Waals surface area contributed by atoms with Crippen molar-refractivity contribution < 1.29 is 23.8 Å². The van der Waals surface area contributed by atoms with Gasteiger partial charge < -0.3 is 14.7 Å². The third-order valence-electron chi connectivity index (χ3n) is 5.18. The lowest BCUT2D eigenvalue weighted by molar-refractivity contribution is 0.0793. The second-order valence-corrected chi connectivity index (χ2v) is 7.62. The van der Waals surface area contributed by atoms with E-state index in [1.807, 2.05) is 19.0 Å². The fourth-order valence-corrected chi connectivity index (χ4v) is 3.62. The van der Waals surface area contributed by atoms with E-state index in [0.29, 0.717) is 13.0 Å². The monoisotopic (exact) mass is 432 g/mol. The van der Waals surface area contributed by atoms with Crippen LogP contribution in [-0.4, -0.2) is 70.6 Å². The van der Waals surface area contributed by atoms with E-state index in [1.165, 1.54) is 28.7 Å². The number of ketones is 1. The van der Waals surface area contributed by atoms with Gasteiger partial charge in [0.2, 0.25) is 5.75 Å². The average Bonchev–Trinajstić information content (AvgIpc) is 2.75. The lowest BCUT2D eigenvalue weighted by atomic mass is 10.0. The number of carbonyl (C=O) groups excluding carboxylic acids is 2. The number of halogens is 1. The highest BCUT2D eigenvalue weighted by Crippen LogP contribution is 2.26. The Hall–Kier alpha value is -3.27. The van der Waals surface area contributed by atoms with Crippen molar-refractivity contribution in [3.8, 4) is 5.75 Å². The molecule has 9 nitrogen and oxygen atoms in total. The van der Waals surface area contributed by atoms with Gasteiger partial charge in [-0.15, -0.1) is 0 Å². The van der Waals surface area contributed by atoms with E-state index in [0.717, 1.165) is 5.56 Å². The quantitative estimate of drug-likeness (QED) is 0.691. The number of methoxy groups -OCH3 is 1. The van der Waals surface area contributed by atoms with Crippen LogP contribution in [-0.2, 0) is 17.7 Å². The summed E-state index contributed by atoms with van der Waals surface area (Å²) < 4.78 is 19.2. The molecule has 1 unspecified atom stereocenters. The van der Waals surface area contributed by atoms with Crippen LogP contribution < -0.4 is 5.56 Å². The van der Waals surface area contributed by atoms with Crippen LogP contribution in [0.3, 0.4) is 0 Å². The van der Waals surface area contributed by atoms with Gasteiger partial charge in [0.1, 0.15) is 17.7 Å². The lowest BCUT2D eigenvalue weighted by Gasteiger charge is -2.37. The third-order valence-corrected chi connectivity index (χ3v) is 5.18. The maximum absolute atomic E-state index is 13.1. The minimum Gasteiger partial charge on any atom is -0.501 e. The molecule has 0 saturated carbocycles. The minimum atomic E-state index is -0.719. The number of benzene rings is 1. The van der Waals surface area contributed by atoms with Gasteiger partial charge in [0.25, 0.3) is 5.56 Å². The molecule has 1 aromatic heterocycles. The number of hydrogen-bond acceptors (Lipinski definition) is 7. The average molecular weight is 432 g/mol. The van der Waals surface area contributed by atoms with Gasteiger partial charge in [-0.1, -0.05) is 12.1 Å². The molecule has 1 atom stereocenters. The normalized spacial score (nSPS) is 15.6. The number of rotatable bonds is 6. The number of amides is 1. The molecular formula is C21H25FN4O5. The second-order valence-electron chi connectivity index (χ2n) is 7.62. The maximum atomic E-state index is 13.1. The molecule has 0 radical (unpaired) electrons. The van der Waals surface area contributed by atoms with Crippen LogP contribution in [0.25, 0.3) is 0 Å². The Labute approximate surface area is 178 Å². The molecule has 0 aliphatic carbocycles. The molecular weight excluding hydrogens is 407 g/mol. The molecule has 0 spiro atoms. The molecule has 1 aromatic carbocycles. The fraction of sp³-hybridized carbons (Fsp3) is 0.429.